The zero-order chi connectivity index (χ0) is 18.7. The molecule has 0 aliphatic carbocycles. The summed E-state index contributed by atoms with van der Waals surface area (Å²) in [6, 6.07) is 5.53. The lowest BCUT2D eigenvalue weighted by Crippen LogP contribution is -2.45. The fourth-order valence-corrected chi connectivity index (χ4v) is 3.60. The molecule has 0 bridgehead atoms. The maximum atomic E-state index is 12.6. The number of hydrogen-bond acceptors (Lipinski definition) is 5. The largest absolute Gasteiger partial charge is 0.497 e. The Labute approximate surface area is 154 Å². The number of rotatable bonds is 5. The molecule has 7 heteroatoms. The van der Waals surface area contributed by atoms with E-state index >= 15 is 0 Å². The molecular weight excluding hydrogens is 334 g/mol. The van der Waals surface area contributed by atoms with Crippen LogP contribution in [0, 0.1) is 5.92 Å². The molecule has 2 heterocycles. The number of likely N-dealkylation sites (tertiary alicyclic amines) is 1. The van der Waals surface area contributed by atoms with Gasteiger partial charge in [0.15, 0.2) is 0 Å². The normalized spacial score (nSPS) is 21.7. The number of carbonyl (C=O) groups excluding carboxylic acids is 2. The van der Waals surface area contributed by atoms with Crippen LogP contribution in [-0.4, -0.2) is 63.7 Å². The Morgan fingerprint density at radius 2 is 1.92 bits per heavy atom. The number of nitrogens with zero attached hydrogens (tertiary/aromatic N) is 2. The zero-order valence-electron chi connectivity index (χ0n) is 15.7. The van der Waals surface area contributed by atoms with Gasteiger partial charge in [-0.25, -0.2) is 0 Å². The molecule has 0 aromatic heterocycles. The fraction of sp³-hybridized carbons (Fsp3) is 0.579. The lowest BCUT2D eigenvalue weighted by molar-refractivity contribution is -0.127. The van der Waals surface area contributed by atoms with Crippen LogP contribution in [0.1, 0.15) is 19.3 Å². The average molecular weight is 361 g/mol. The molecule has 1 aromatic carbocycles. The highest BCUT2D eigenvalue weighted by Crippen LogP contribution is 2.36. The van der Waals surface area contributed by atoms with Crippen molar-refractivity contribution in [2.75, 3.05) is 45.8 Å². The second-order valence-corrected chi connectivity index (χ2v) is 7.03. The average Bonchev–Trinajstić information content (AvgIpc) is 3.04. The fourth-order valence-electron chi connectivity index (χ4n) is 3.60. The van der Waals surface area contributed by atoms with Crippen molar-refractivity contribution in [3.63, 3.8) is 0 Å². The molecule has 2 aliphatic rings. The summed E-state index contributed by atoms with van der Waals surface area (Å²) in [4.78, 5) is 29.1. The molecule has 142 valence electrons. The van der Waals surface area contributed by atoms with E-state index in [0.717, 1.165) is 25.9 Å². The van der Waals surface area contributed by atoms with Crippen molar-refractivity contribution in [1.82, 2.24) is 10.2 Å². The highest BCUT2D eigenvalue weighted by Gasteiger charge is 2.37. The zero-order valence-corrected chi connectivity index (χ0v) is 15.7. The summed E-state index contributed by atoms with van der Waals surface area (Å²) >= 11 is 0. The van der Waals surface area contributed by atoms with Crippen molar-refractivity contribution in [2.24, 2.45) is 5.92 Å². The number of amides is 2. The summed E-state index contributed by atoms with van der Waals surface area (Å²) in [5.74, 6) is 0.804. The smallest absolute Gasteiger partial charge is 0.227 e. The van der Waals surface area contributed by atoms with Crippen LogP contribution in [0.15, 0.2) is 18.2 Å². The number of anilines is 1. The van der Waals surface area contributed by atoms with E-state index in [9.17, 15) is 9.59 Å². The number of benzene rings is 1. The first-order chi connectivity index (χ1) is 12.5. The highest BCUT2D eigenvalue weighted by atomic mass is 16.5. The second-order valence-electron chi connectivity index (χ2n) is 7.03. The van der Waals surface area contributed by atoms with E-state index in [0.29, 0.717) is 23.7 Å². The maximum Gasteiger partial charge on any atom is 0.227 e. The van der Waals surface area contributed by atoms with Crippen molar-refractivity contribution < 1.29 is 19.1 Å². The van der Waals surface area contributed by atoms with Crippen molar-refractivity contribution in [2.45, 2.75) is 25.3 Å². The Balaban J connectivity index is 1.68. The van der Waals surface area contributed by atoms with Crippen molar-refractivity contribution in [3.05, 3.63) is 18.2 Å². The Morgan fingerprint density at radius 3 is 2.58 bits per heavy atom. The summed E-state index contributed by atoms with van der Waals surface area (Å²) in [7, 11) is 5.23. The summed E-state index contributed by atoms with van der Waals surface area (Å²) in [6.07, 6.45) is 2.13. The van der Waals surface area contributed by atoms with E-state index in [-0.39, 0.29) is 30.2 Å². The third-order valence-electron chi connectivity index (χ3n) is 5.24. The molecule has 0 radical (unpaired) electrons. The van der Waals surface area contributed by atoms with E-state index in [4.69, 9.17) is 9.47 Å². The monoisotopic (exact) mass is 361 g/mol. The molecule has 2 saturated heterocycles. The Morgan fingerprint density at radius 1 is 1.19 bits per heavy atom. The molecule has 2 fully saturated rings. The van der Waals surface area contributed by atoms with Crippen LogP contribution < -0.4 is 19.7 Å². The summed E-state index contributed by atoms with van der Waals surface area (Å²) in [5, 5.41) is 3.12. The summed E-state index contributed by atoms with van der Waals surface area (Å²) in [6.45, 7) is 2.34. The van der Waals surface area contributed by atoms with E-state index < -0.39 is 0 Å². The Kier molecular flexibility index (Phi) is 5.66. The highest BCUT2D eigenvalue weighted by molar-refractivity contribution is 6.01. The predicted octanol–water partition coefficient (Wildman–Crippen LogP) is 1.27. The van der Waals surface area contributed by atoms with Crippen LogP contribution in [0.3, 0.4) is 0 Å². The van der Waals surface area contributed by atoms with Gasteiger partial charge in [0.25, 0.3) is 0 Å². The SMILES string of the molecule is COc1ccc(OC)c(N2CC(C(=O)NC3CCN(C)CC3)CC2=O)c1. The molecule has 1 N–H and O–H groups in total. The van der Waals surface area contributed by atoms with Crippen LogP contribution >= 0.6 is 0 Å². The first-order valence-electron chi connectivity index (χ1n) is 9.03. The van der Waals surface area contributed by atoms with Crippen LogP contribution in [0.25, 0.3) is 0 Å². The second kappa shape index (κ2) is 7.95. The van der Waals surface area contributed by atoms with E-state index in [1.54, 1.807) is 37.3 Å². The van der Waals surface area contributed by atoms with Crippen LogP contribution in [-0.2, 0) is 9.59 Å². The van der Waals surface area contributed by atoms with Crippen molar-refractivity contribution in [3.8, 4) is 11.5 Å². The Bertz CT molecular complexity index is 671. The molecule has 2 aliphatic heterocycles. The number of ether oxygens (including phenoxy) is 2. The summed E-state index contributed by atoms with van der Waals surface area (Å²) in [5.41, 5.74) is 0.645. The van der Waals surface area contributed by atoms with E-state index in [1.165, 1.54) is 0 Å². The van der Waals surface area contributed by atoms with Gasteiger partial charge in [0.1, 0.15) is 11.5 Å². The minimum absolute atomic E-state index is 0.0303. The predicted molar refractivity (Wildman–Crippen MR) is 98.7 cm³/mol. The van der Waals surface area contributed by atoms with Gasteiger partial charge in [0.05, 0.1) is 25.8 Å². The lowest BCUT2D eigenvalue weighted by atomic mass is 10.0. The molecule has 0 spiro atoms. The molecule has 1 atom stereocenters. The molecule has 7 nitrogen and oxygen atoms in total. The summed E-state index contributed by atoms with van der Waals surface area (Å²) < 4.78 is 10.6. The number of methoxy groups -OCH3 is 2. The minimum Gasteiger partial charge on any atom is -0.497 e. The molecular formula is C19H27N3O4. The topological polar surface area (TPSA) is 71.1 Å². The quantitative estimate of drug-likeness (QED) is 0.855. The molecule has 2 amide bonds. The number of carbonyl (C=O) groups is 2. The number of nitrogens with one attached hydrogen (secondary N) is 1. The van der Waals surface area contributed by atoms with Gasteiger partial charge < -0.3 is 24.6 Å². The first-order valence-corrected chi connectivity index (χ1v) is 9.03. The molecule has 0 saturated carbocycles. The van der Waals surface area contributed by atoms with Gasteiger partial charge in [0.2, 0.25) is 11.8 Å². The van der Waals surface area contributed by atoms with Crippen LogP contribution in [0.4, 0.5) is 5.69 Å². The van der Waals surface area contributed by atoms with Gasteiger partial charge in [-0.2, -0.15) is 0 Å². The van der Waals surface area contributed by atoms with Gasteiger partial charge in [-0.05, 0) is 45.1 Å². The molecule has 1 unspecified atom stereocenters. The molecule has 26 heavy (non-hydrogen) atoms. The van der Waals surface area contributed by atoms with Gasteiger partial charge in [-0.3, -0.25) is 9.59 Å². The van der Waals surface area contributed by atoms with Gasteiger partial charge in [-0.1, -0.05) is 0 Å². The van der Waals surface area contributed by atoms with E-state index in [2.05, 4.69) is 17.3 Å². The minimum atomic E-state index is -0.335. The first kappa shape index (κ1) is 18.5. The van der Waals surface area contributed by atoms with Crippen molar-refractivity contribution in [1.29, 1.82) is 0 Å². The third kappa shape index (κ3) is 3.93. The maximum absolute atomic E-state index is 12.6. The number of hydrogen-bond donors (Lipinski definition) is 1. The number of piperidine rings is 1. The van der Waals surface area contributed by atoms with Gasteiger partial charge in [0, 0.05) is 25.1 Å². The standard InChI is InChI=1S/C19H27N3O4/c1-21-8-6-14(7-9-21)20-19(24)13-10-18(23)22(12-13)16-11-15(25-2)4-5-17(16)26-3/h4-5,11,13-14H,6-10,12H2,1-3H3,(H,20,24). The van der Waals surface area contributed by atoms with Crippen molar-refractivity contribution >= 4 is 17.5 Å². The third-order valence-corrected chi connectivity index (χ3v) is 5.24. The van der Waals surface area contributed by atoms with Crippen LogP contribution in [0.5, 0.6) is 11.5 Å². The Hall–Kier alpha value is -2.28. The molecule has 3 rings (SSSR count). The van der Waals surface area contributed by atoms with E-state index in [1.807, 2.05) is 0 Å². The van der Waals surface area contributed by atoms with Crippen LogP contribution in [0.2, 0.25) is 0 Å². The van der Waals surface area contributed by atoms with Gasteiger partial charge in [-0.15, -0.1) is 0 Å². The van der Waals surface area contributed by atoms with Gasteiger partial charge >= 0.3 is 0 Å². The molecule has 1 aromatic rings. The lowest BCUT2D eigenvalue weighted by Gasteiger charge is -2.30.